The lowest BCUT2D eigenvalue weighted by atomic mass is 9.97. The van der Waals surface area contributed by atoms with Crippen molar-refractivity contribution in [2.45, 2.75) is 26.3 Å². The van der Waals surface area contributed by atoms with Crippen LogP contribution in [0, 0.1) is 12.8 Å². The van der Waals surface area contributed by atoms with Crippen LogP contribution in [0.25, 0.3) is 11.4 Å². The van der Waals surface area contributed by atoms with Crippen molar-refractivity contribution >= 4 is 23.2 Å². The highest BCUT2D eigenvalue weighted by molar-refractivity contribution is 6.33. The number of ether oxygens (including phenoxy) is 2. The van der Waals surface area contributed by atoms with E-state index in [1.807, 2.05) is 37.3 Å². The Hall–Kier alpha value is -3.10. The second-order valence-electron chi connectivity index (χ2n) is 8.13. The molecule has 1 amide bonds. The van der Waals surface area contributed by atoms with Crippen molar-refractivity contribution in [3.05, 3.63) is 52.9 Å². The van der Waals surface area contributed by atoms with Crippen LogP contribution >= 0.6 is 11.6 Å². The third kappa shape index (κ3) is 5.46. The molecular weight excluding hydrogens is 444 g/mol. The van der Waals surface area contributed by atoms with E-state index in [0.717, 1.165) is 30.5 Å². The van der Waals surface area contributed by atoms with E-state index in [-0.39, 0.29) is 11.8 Å². The molecule has 1 aromatic heterocycles. The molecule has 0 spiro atoms. The van der Waals surface area contributed by atoms with E-state index < -0.39 is 0 Å². The minimum atomic E-state index is -0.135. The summed E-state index contributed by atoms with van der Waals surface area (Å²) in [6.07, 6.45) is 1.74. The van der Waals surface area contributed by atoms with Gasteiger partial charge in [0.1, 0.15) is 0 Å². The maximum Gasteiger partial charge on any atom is 0.241 e. The average molecular weight is 471 g/mol. The summed E-state index contributed by atoms with van der Waals surface area (Å²) < 4.78 is 16.1. The maximum absolute atomic E-state index is 12.8. The van der Waals surface area contributed by atoms with Crippen LogP contribution < -0.4 is 14.8 Å². The summed E-state index contributed by atoms with van der Waals surface area (Å²) in [6.45, 7) is 3.92. The number of rotatable bonds is 7. The quantitative estimate of drug-likeness (QED) is 0.541. The standard InChI is InChI=1S/C24H27ClN4O4/c1-15-6-8-19(18(25)11-15)26-24(30)17-5-4-10-29(13-17)14-22-27-23(28-33-22)16-7-9-20(31-2)21(12-16)32-3/h6-9,11-12,17H,4-5,10,13-14H2,1-3H3,(H,26,30)/t17-/m1/s1. The van der Waals surface area contributed by atoms with E-state index in [2.05, 4.69) is 20.4 Å². The van der Waals surface area contributed by atoms with E-state index in [1.165, 1.54) is 0 Å². The first-order valence-corrected chi connectivity index (χ1v) is 11.2. The number of aryl methyl sites for hydroxylation is 1. The number of benzene rings is 2. The number of nitrogens with zero attached hydrogens (tertiary/aromatic N) is 3. The SMILES string of the molecule is COc1ccc(-c2noc(CN3CCC[C@@H](C(=O)Nc4ccc(C)cc4Cl)C3)n2)cc1OC. The van der Waals surface area contributed by atoms with Gasteiger partial charge in [-0.05, 0) is 62.2 Å². The second kappa shape index (κ2) is 10.2. The van der Waals surface area contributed by atoms with E-state index in [1.54, 1.807) is 20.3 Å². The first kappa shape index (κ1) is 23.1. The van der Waals surface area contributed by atoms with Gasteiger partial charge in [-0.1, -0.05) is 22.8 Å². The summed E-state index contributed by atoms with van der Waals surface area (Å²) in [6, 6.07) is 11.1. The summed E-state index contributed by atoms with van der Waals surface area (Å²) >= 11 is 6.27. The fourth-order valence-electron chi connectivity index (χ4n) is 3.97. The molecule has 1 N–H and O–H groups in total. The third-order valence-corrected chi connectivity index (χ3v) is 6.04. The Morgan fingerprint density at radius 1 is 1.21 bits per heavy atom. The number of halogens is 1. The number of methoxy groups -OCH3 is 2. The number of piperidine rings is 1. The lowest BCUT2D eigenvalue weighted by molar-refractivity contribution is -0.121. The molecule has 3 aromatic rings. The highest BCUT2D eigenvalue weighted by atomic mass is 35.5. The topological polar surface area (TPSA) is 89.7 Å². The number of aromatic nitrogens is 2. The van der Waals surface area contributed by atoms with Crippen LogP contribution in [0.2, 0.25) is 5.02 Å². The number of nitrogens with one attached hydrogen (secondary N) is 1. The Morgan fingerprint density at radius 3 is 2.79 bits per heavy atom. The molecule has 2 heterocycles. The van der Waals surface area contributed by atoms with E-state index in [4.69, 9.17) is 25.6 Å². The highest BCUT2D eigenvalue weighted by Gasteiger charge is 2.27. The zero-order valence-corrected chi connectivity index (χ0v) is 19.7. The summed E-state index contributed by atoms with van der Waals surface area (Å²) in [4.78, 5) is 19.5. The van der Waals surface area contributed by atoms with Crippen molar-refractivity contribution in [2.75, 3.05) is 32.6 Å². The minimum Gasteiger partial charge on any atom is -0.493 e. The number of hydrogen-bond donors (Lipinski definition) is 1. The number of carbonyl (C=O) groups excluding carboxylic acids is 1. The van der Waals surface area contributed by atoms with Crippen LogP contribution in [-0.2, 0) is 11.3 Å². The fourth-order valence-corrected chi connectivity index (χ4v) is 4.25. The Labute approximate surface area is 197 Å². The predicted molar refractivity (Wildman–Crippen MR) is 126 cm³/mol. The fraction of sp³-hybridized carbons (Fsp3) is 0.375. The molecule has 1 atom stereocenters. The molecule has 0 aliphatic carbocycles. The summed E-state index contributed by atoms with van der Waals surface area (Å²) in [5.41, 5.74) is 2.46. The van der Waals surface area contributed by atoms with Gasteiger partial charge >= 0.3 is 0 Å². The molecule has 0 bridgehead atoms. The lowest BCUT2D eigenvalue weighted by Crippen LogP contribution is -2.40. The largest absolute Gasteiger partial charge is 0.493 e. The number of hydrogen-bond acceptors (Lipinski definition) is 7. The zero-order chi connectivity index (χ0) is 23.4. The van der Waals surface area contributed by atoms with Crippen molar-refractivity contribution in [1.82, 2.24) is 15.0 Å². The molecule has 1 aliphatic heterocycles. The molecule has 1 aliphatic rings. The van der Waals surface area contributed by atoms with Crippen LogP contribution in [0.4, 0.5) is 5.69 Å². The maximum atomic E-state index is 12.8. The molecule has 174 valence electrons. The normalized spacial score (nSPS) is 16.4. The monoisotopic (exact) mass is 470 g/mol. The van der Waals surface area contributed by atoms with Gasteiger partial charge in [0.15, 0.2) is 11.5 Å². The number of carbonyl (C=O) groups is 1. The molecule has 33 heavy (non-hydrogen) atoms. The van der Waals surface area contributed by atoms with Crippen LogP contribution in [-0.4, -0.2) is 48.3 Å². The van der Waals surface area contributed by atoms with E-state index in [0.29, 0.717) is 47.0 Å². The van der Waals surface area contributed by atoms with Gasteiger partial charge < -0.3 is 19.3 Å². The minimum absolute atomic E-state index is 0.0259. The van der Waals surface area contributed by atoms with Crippen molar-refractivity contribution in [3.63, 3.8) is 0 Å². The molecule has 0 saturated carbocycles. The highest BCUT2D eigenvalue weighted by Crippen LogP contribution is 2.31. The lowest BCUT2D eigenvalue weighted by Gasteiger charge is -2.30. The van der Waals surface area contributed by atoms with Crippen LogP contribution in [0.1, 0.15) is 24.3 Å². The van der Waals surface area contributed by atoms with Gasteiger partial charge in [-0.3, -0.25) is 9.69 Å². The molecule has 9 heteroatoms. The smallest absolute Gasteiger partial charge is 0.241 e. The first-order valence-electron chi connectivity index (χ1n) is 10.8. The summed E-state index contributed by atoms with van der Waals surface area (Å²) in [5.74, 6) is 2.05. The summed E-state index contributed by atoms with van der Waals surface area (Å²) in [5, 5.41) is 7.62. The van der Waals surface area contributed by atoms with Gasteiger partial charge in [0, 0.05) is 12.1 Å². The molecule has 1 fully saturated rings. The van der Waals surface area contributed by atoms with Gasteiger partial charge in [0.2, 0.25) is 17.6 Å². The Morgan fingerprint density at radius 2 is 2.03 bits per heavy atom. The summed E-state index contributed by atoms with van der Waals surface area (Å²) in [7, 11) is 3.17. The molecule has 0 unspecified atom stereocenters. The van der Waals surface area contributed by atoms with Crippen molar-refractivity contribution in [1.29, 1.82) is 0 Å². The van der Waals surface area contributed by atoms with Crippen LogP contribution in [0.15, 0.2) is 40.9 Å². The average Bonchev–Trinajstić information content (AvgIpc) is 3.29. The van der Waals surface area contributed by atoms with Gasteiger partial charge in [0.05, 0.1) is 37.4 Å². The first-order chi connectivity index (χ1) is 16.0. The zero-order valence-electron chi connectivity index (χ0n) is 18.9. The Kier molecular flexibility index (Phi) is 7.15. The van der Waals surface area contributed by atoms with Crippen LogP contribution in [0.5, 0.6) is 11.5 Å². The molecular formula is C24H27ClN4O4. The van der Waals surface area contributed by atoms with Gasteiger partial charge in [-0.15, -0.1) is 0 Å². The van der Waals surface area contributed by atoms with Crippen molar-refractivity contribution in [3.8, 4) is 22.9 Å². The molecule has 8 nitrogen and oxygen atoms in total. The predicted octanol–water partition coefficient (Wildman–Crippen LogP) is 4.57. The van der Waals surface area contributed by atoms with Gasteiger partial charge in [-0.25, -0.2) is 0 Å². The Bertz CT molecular complexity index is 1130. The molecule has 2 aromatic carbocycles. The van der Waals surface area contributed by atoms with Crippen LogP contribution in [0.3, 0.4) is 0 Å². The molecule has 4 rings (SSSR count). The van der Waals surface area contributed by atoms with E-state index >= 15 is 0 Å². The number of likely N-dealkylation sites (tertiary alicyclic amines) is 1. The number of amides is 1. The van der Waals surface area contributed by atoms with Crippen molar-refractivity contribution in [2.24, 2.45) is 5.92 Å². The van der Waals surface area contributed by atoms with Gasteiger partial charge in [0.25, 0.3) is 0 Å². The number of anilines is 1. The molecule has 1 saturated heterocycles. The third-order valence-electron chi connectivity index (χ3n) is 5.73. The Balaban J connectivity index is 1.39. The second-order valence-corrected chi connectivity index (χ2v) is 8.54. The van der Waals surface area contributed by atoms with Crippen molar-refractivity contribution < 1.29 is 18.8 Å². The van der Waals surface area contributed by atoms with Gasteiger partial charge in [-0.2, -0.15) is 4.98 Å². The van der Waals surface area contributed by atoms with E-state index in [9.17, 15) is 4.79 Å². The molecule has 0 radical (unpaired) electrons.